The third-order valence-electron chi connectivity index (χ3n) is 4.40. The van der Waals surface area contributed by atoms with Crippen LogP contribution >= 0.6 is 0 Å². The summed E-state index contributed by atoms with van der Waals surface area (Å²) in [7, 11) is -3.44. The third-order valence-corrected chi connectivity index (χ3v) is 5.60. The number of piperidine rings is 1. The van der Waals surface area contributed by atoms with Crippen LogP contribution in [0.5, 0.6) is 0 Å². The van der Waals surface area contributed by atoms with E-state index < -0.39 is 10.0 Å². The van der Waals surface area contributed by atoms with Crippen LogP contribution in [0, 0.1) is 0 Å². The zero-order chi connectivity index (χ0) is 16.9. The Balaban J connectivity index is 2.09. The Morgan fingerprint density at radius 3 is 2.57 bits per heavy atom. The third kappa shape index (κ3) is 5.04. The highest BCUT2D eigenvalue weighted by Crippen LogP contribution is 2.20. The summed E-state index contributed by atoms with van der Waals surface area (Å²) in [5.74, 6) is -0.0853. The predicted molar refractivity (Wildman–Crippen MR) is 91.3 cm³/mol. The lowest BCUT2D eigenvalue weighted by Gasteiger charge is -2.36. The number of nitrogens with zero attached hydrogens (tertiary/aromatic N) is 2. The van der Waals surface area contributed by atoms with E-state index in [4.69, 9.17) is 0 Å². The van der Waals surface area contributed by atoms with Gasteiger partial charge in [0.1, 0.15) is 0 Å². The number of likely N-dealkylation sites (tertiary alicyclic amines) is 1. The number of sulfonamides is 1. The molecule has 5 nitrogen and oxygen atoms in total. The van der Waals surface area contributed by atoms with E-state index in [1.807, 2.05) is 35.2 Å². The Morgan fingerprint density at radius 1 is 1.26 bits per heavy atom. The number of carbonyl (C=O) groups excluding carboxylic acids is 1. The van der Waals surface area contributed by atoms with E-state index in [1.165, 1.54) is 4.31 Å². The quantitative estimate of drug-likeness (QED) is 0.799. The van der Waals surface area contributed by atoms with Crippen LogP contribution in [0.3, 0.4) is 0 Å². The Bertz CT molecular complexity index is 616. The number of hydrogen-bond acceptors (Lipinski definition) is 3. The second-order valence-corrected chi connectivity index (χ2v) is 8.14. The molecule has 23 heavy (non-hydrogen) atoms. The maximum absolute atomic E-state index is 12.6. The molecule has 128 valence electrons. The van der Waals surface area contributed by atoms with Crippen LogP contribution in [-0.4, -0.2) is 48.9 Å². The number of rotatable bonds is 6. The van der Waals surface area contributed by atoms with Crippen LogP contribution in [0.2, 0.25) is 0 Å². The molecule has 1 fully saturated rings. The standard InChI is InChI=1S/C17H26N2O3S/c1-3-16-11-7-8-12-19(16)17(20)14-18(23(2,21)22)13-15-9-5-4-6-10-15/h4-6,9-10,16H,3,7-8,11-14H2,1-2H3. The molecule has 0 aliphatic carbocycles. The molecule has 0 radical (unpaired) electrons. The topological polar surface area (TPSA) is 57.7 Å². The number of hydrogen-bond donors (Lipinski definition) is 0. The molecular weight excluding hydrogens is 312 g/mol. The molecule has 1 unspecified atom stereocenters. The van der Waals surface area contributed by atoms with Crippen molar-refractivity contribution in [1.29, 1.82) is 0 Å². The van der Waals surface area contributed by atoms with Gasteiger partial charge in [0.2, 0.25) is 15.9 Å². The maximum Gasteiger partial charge on any atom is 0.238 e. The fourth-order valence-corrected chi connectivity index (χ4v) is 3.80. The van der Waals surface area contributed by atoms with Crippen molar-refractivity contribution in [1.82, 2.24) is 9.21 Å². The molecule has 1 aromatic carbocycles. The van der Waals surface area contributed by atoms with E-state index in [0.717, 1.165) is 44.0 Å². The van der Waals surface area contributed by atoms with E-state index in [0.29, 0.717) is 0 Å². The second kappa shape index (κ2) is 7.93. The van der Waals surface area contributed by atoms with Crippen molar-refractivity contribution >= 4 is 15.9 Å². The predicted octanol–water partition coefficient (Wildman–Crippen LogP) is 2.24. The fraction of sp³-hybridized carbons (Fsp3) is 0.588. The van der Waals surface area contributed by atoms with Gasteiger partial charge in [-0.15, -0.1) is 0 Å². The van der Waals surface area contributed by atoms with E-state index >= 15 is 0 Å². The van der Waals surface area contributed by atoms with E-state index in [-0.39, 0.29) is 25.0 Å². The molecule has 2 rings (SSSR count). The first kappa shape index (κ1) is 17.9. The van der Waals surface area contributed by atoms with E-state index in [1.54, 1.807) is 0 Å². The minimum Gasteiger partial charge on any atom is -0.339 e. The molecule has 0 aromatic heterocycles. The van der Waals surface area contributed by atoms with Crippen LogP contribution in [-0.2, 0) is 21.4 Å². The molecular formula is C17H26N2O3S. The summed E-state index contributed by atoms with van der Waals surface area (Å²) in [6, 6.07) is 9.62. The van der Waals surface area contributed by atoms with Crippen LogP contribution in [0.4, 0.5) is 0 Å². The Morgan fingerprint density at radius 2 is 1.96 bits per heavy atom. The van der Waals surface area contributed by atoms with Crippen LogP contribution in [0.15, 0.2) is 30.3 Å². The van der Waals surface area contributed by atoms with Gasteiger partial charge >= 0.3 is 0 Å². The molecule has 1 aliphatic heterocycles. The summed E-state index contributed by atoms with van der Waals surface area (Å²) in [6.45, 7) is 2.97. The minimum atomic E-state index is -3.44. The van der Waals surface area contributed by atoms with Crippen molar-refractivity contribution in [2.24, 2.45) is 0 Å². The van der Waals surface area contributed by atoms with Crippen LogP contribution < -0.4 is 0 Å². The van der Waals surface area contributed by atoms with Gasteiger partial charge in [-0.3, -0.25) is 4.79 Å². The van der Waals surface area contributed by atoms with E-state index in [9.17, 15) is 13.2 Å². The normalized spacial score (nSPS) is 19.1. The number of benzene rings is 1. The zero-order valence-electron chi connectivity index (χ0n) is 13.9. The molecule has 1 aliphatic rings. The lowest BCUT2D eigenvalue weighted by atomic mass is 10.00. The molecule has 0 spiro atoms. The first-order valence-corrected chi connectivity index (χ1v) is 10.0. The lowest BCUT2D eigenvalue weighted by Crippen LogP contribution is -2.48. The maximum atomic E-state index is 12.6. The van der Waals surface area contributed by atoms with Crippen molar-refractivity contribution < 1.29 is 13.2 Å². The lowest BCUT2D eigenvalue weighted by molar-refractivity contribution is -0.135. The zero-order valence-corrected chi connectivity index (χ0v) is 14.8. The molecule has 1 aromatic rings. The number of amides is 1. The Labute approximate surface area is 139 Å². The van der Waals surface area contributed by atoms with Crippen LogP contribution in [0.1, 0.15) is 38.2 Å². The average molecular weight is 338 g/mol. The van der Waals surface area contributed by atoms with Gasteiger partial charge in [0.15, 0.2) is 0 Å². The first-order valence-electron chi connectivity index (χ1n) is 8.20. The summed E-state index contributed by atoms with van der Waals surface area (Å²) < 4.78 is 25.4. The first-order chi connectivity index (χ1) is 10.9. The van der Waals surface area contributed by atoms with Crippen molar-refractivity contribution in [3.63, 3.8) is 0 Å². The van der Waals surface area contributed by atoms with Gasteiger partial charge in [-0.05, 0) is 31.2 Å². The summed E-state index contributed by atoms with van der Waals surface area (Å²) in [4.78, 5) is 14.5. The SMILES string of the molecule is CCC1CCCCN1C(=O)CN(Cc1ccccc1)S(C)(=O)=O. The van der Waals surface area contributed by atoms with Crippen molar-refractivity contribution in [3.8, 4) is 0 Å². The van der Waals surface area contributed by atoms with Crippen molar-refractivity contribution in [2.45, 2.75) is 45.2 Å². The molecule has 1 amide bonds. The molecule has 1 saturated heterocycles. The minimum absolute atomic E-state index is 0.0791. The second-order valence-electron chi connectivity index (χ2n) is 6.16. The summed E-state index contributed by atoms with van der Waals surface area (Å²) >= 11 is 0. The highest BCUT2D eigenvalue weighted by molar-refractivity contribution is 7.88. The van der Waals surface area contributed by atoms with Gasteiger partial charge in [-0.1, -0.05) is 37.3 Å². The smallest absolute Gasteiger partial charge is 0.238 e. The molecule has 0 bridgehead atoms. The van der Waals surface area contributed by atoms with Crippen molar-refractivity contribution in [2.75, 3.05) is 19.3 Å². The molecule has 1 atom stereocenters. The van der Waals surface area contributed by atoms with Gasteiger partial charge in [0.25, 0.3) is 0 Å². The average Bonchev–Trinajstić information content (AvgIpc) is 2.54. The van der Waals surface area contributed by atoms with Gasteiger partial charge in [-0.25, -0.2) is 8.42 Å². The summed E-state index contributed by atoms with van der Waals surface area (Å²) in [5.41, 5.74) is 0.886. The molecule has 0 N–H and O–H groups in total. The highest BCUT2D eigenvalue weighted by atomic mass is 32.2. The van der Waals surface area contributed by atoms with Crippen LogP contribution in [0.25, 0.3) is 0 Å². The highest BCUT2D eigenvalue weighted by Gasteiger charge is 2.29. The number of carbonyl (C=O) groups is 1. The summed E-state index contributed by atoms with van der Waals surface area (Å²) in [6.07, 6.45) is 5.24. The fourth-order valence-electron chi connectivity index (χ4n) is 3.07. The summed E-state index contributed by atoms with van der Waals surface area (Å²) in [5, 5.41) is 0. The van der Waals surface area contributed by atoms with Gasteiger partial charge in [-0.2, -0.15) is 4.31 Å². The monoisotopic (exact) mass is 338 g/mol. The van der Waals surface area contributed by atoms with Gasteiger partial charge in [0, 0.05) is 19.1 Å². The van der Waals surface area contributed by atoms with Gasteiger partial charge in [0.05, 0.1) is 12.8 Å². The molecule has 1 heterocycles. The Hall–Kier alpha value is -1.40. The van der Waals surface area contributed by atoms with E-state index in [2.05, 4.69) is 6.92 Å². The molecule has 0 saturated carbocycles. The largest absolute Gasteiger partial charge is 0.339 e. The Kier molecular flexibility index (Phi) is 6.18. The van der Waals surface area contributed by atoms with Crippen molar-refractivity contribution in [3.05, 3.63) is 35.9 Å². The van der Waals surface area contributed by atoms with Gasteiger partial charge < -0.3 is 4.90 Å². The molecule has 6 heteroatoms.